The van der Waals surface area contributed by atoms with Crippen molar-refractivity contribution in [3.63, 3.8) is 0 Å². The fourth-order valence-electron chi connectivity index (χ4n) is 7.59. The normalized spacial score (nSPS) is 52.1. The predicted molar refractivity (Wildman–Crippen MR) is 96.8 cm³/mol. The van der Waals surface area contributed by atoms with Gasteiger partial charge in [0.15, 0.2) is 11.9 Å². The van der Waals surface area contributed by atoms with E-state index in [-0.39, 0.29) is 17.2 Å². The molecule has 0 aliphatic heterocycles. The number of Topliss-reactive ketones (excluding diaryl/α,β-unsaturated/α-hetero) is 1. The summed E-state index contributed by atoms with van der Waals surface area (Å²) in [6, 6.07) is 0. The van der Waals surface area contributed by atoms with E-state index in [2.05, 4.69) is 20.8 Å². The summed E-state index contributed by atoms with van der Waals surface area (Å²) in [5.41, 5.74) is 0.342. The van der Waals surface area contributed by atoms with E-state index in [4.69, 9.17) is 4.74 Å². The van der Waals surface area contributed by atoms with Crippen molar-refractivity contribution >= 4 is 11.8 Å². The minimum atomic E-state index is -0.493. The van der Waals surface area contributed by atoms with Crippen LogP contribution in [0.1, 0.15) is 79.1 Å². The first-order valence-electron chi connectivity index (χ1n) is 10.5. The predicted octanol–water partition coefficient (Wildman–Crippen LogP) is 4.78. The first kappa shape index (κ1) is 17.5. The van der Waals surface area contributed by atoms with Crippen molar-refractivity contribution in [2.24, 2.45) is 40.4 Å². The van der Waals surface area contributed by atoms with Crippen LogP contribution in [-0.4, -0.2) is 17.9 Å². The van der Waals surface area contributed by atoms with Crippen LogP contribution in [0.5, 0.6) is 0 Å². The molecule has 4 aliphatic rings. The lowest BCUT2D eigenvalue weighted by Crippen LogP contribution is -2.54. The Labute approximate surface area is 152 Å². The van der Waals surface area contributed by atoms with E-state index in [1.807, 2.05) is 0 Å². The van der Waals surface area contributed by atoms with Crippen molar-refractivity contribution in [2.75, 3.05) is 0 Å². The van der Waals surface area contributed by atoms with Gasteiger partial charge in [-0.15, -0.1) is 0 Å². The van der Waals surface area contributed by atoms with Crippen LogP contribution in [0.4, 0.5) is 0 Å². The van der Waals surface area contributed by atoms with Gasteiger partial charge in [-0.3, -0.25) is 9.59 Å². The van der Waals surface area contributed by atoms with Crippen LogP contribution < -0.4 is 0 Å². The van der Waals surface area contributed by atoms with E-state index in [0.29, 0.717) is 23.7 Å². The van der Waals surface area contributed by atoms with Crippen molar-refractivity contribution in [2.45, 2.75) is 85.2 Å². The van der Waals surface area contributed by atoms with Crippen LogP contribution >= 0.6 is 0 Å². The topological polar surface area (TPSA) is 43.4 Å². The van der Waals surface area contributed by atoms with Crippen LogP contribution in [-0.2, 0) is 14.3 Å². The van der Waals surface area contributed by atoms with Crippen LogP contribution in [0.15, 0.2) is 0 Å². The van der Waals surface area contributed by atoms with Gasteiger partial charge in [0.2, 0.25) is 0 Å². The molecular weight excluding hydrogens is 312 g/mol. The molecule has 0 radical (unpaired) electrons. The molecule has 0 spiro atoms. The molecule has 0 N–H and O–H groups in total. The summed E-state index contributed by atoms with van der Waals surface area (Å²) in [5.74, 6) is 3.46. The molecule has 4 rings (SSSR count). The fraction of sp³-hybridized carbons (Fsp3) is 0.909. The third kappa shape index (κ3) is 2.51. The number of hydrogen-bond acceptors (Lipinski definition) is 3. The third-order valence-corrected chi connectivity index (χ3v) is 8.96. The standard InChI is InChI=1S/C22H34O3/c1-13-7-9-21(3)15(11-13)5-6-16-17(21)8-10-22(4)18(16)12-19(24)20(22)25-14(2)23/h13,15-18,20H,5-12H2,1-4H3/t13-,15+,16-,17+,18+,20+,21+,22+/m0/s1. The molecule has 0 aromatic rings. The molecule has 25 heavy (non-hydrogen) atoms. The average Bonchev–Trinajstić information content (AvgIpc) is 2.79. The number of ketones is 1. The van der Waals surface area contributed by atoms with E-state index in [0.717, 1.165) is 24.2 Å². The second-order valence-corrected chi connectivity index (χ2v) is 10.2. The zero-order valence-electron chi connectivity index (χ0n) is 16.3. The smallest absolute Gasteiger partial charge is 0.303 e. The quantitative estimate of drug-likeness (QED) is 0.642. The van der Waals surface area contributed by atoms with Crippen molar-refractivity contribution in [3.8, 4) is 0 Å². The third-order valence-electron chi connectivity index (χ3n) is 8.96. The Morgan fingerprint density at radius 2 is 1.76 bits per heavy atom. The van der Waals surface area contributed by atoms with Crippen LogP contribution in [0.3, 0.4) is 0 Å². The van der Waals surface area contributed by atoms with Crippen molar-refractivity contribution in [1.29, 1.82) is 0 Å². The molecule has 140 valence electrons. The SMILES string of the molecule is CC(=O)O[C@@H]1C(=O)C[C@@H]2[C@H]3CC[C@@H]4C[C@@H](C)CC[C@@]4(C)[C@@H]3CC[C@@]12C. The largest absolute Gasteiger partial charge is 0.454 e. The Bertz CT molecular complexity index is 584. The minimum absolute atomic E-state index is 0.130. The second kappa shape index (κ2) is 5.82. The number of ether oxygens (including phenoxy) is 1. The number of rotatable bonds is 1. The molecular formula is C22H34O3. The maximum absolute atomic E-state index is 12.7. The van der Waals surface area contributed by atoms with Gasteiger partial charge < -0.3 is 4.74 Å². The highest BCUT2D eigenvalue weighted by molar-refractivity contribution is 5.89. The monoisotopic (exact) mass is 346 g/mol. The van der Waals surface area contributed by atoms with E-state index in [1.54, 1.807) is 0 Å². The molecule has 8 atom stereocenters. The summed E-state index contributed by atoms with van der Waals surface area (Å²) in [6.07, 6.45) is 9.14. The molecule has 0 aromatic carbocycles. The lowest BCUT2D eigenvalue weighted by Gasteiger charge is -2.60. The number of esters is 1. The van der Waals surface area contributed by atoms with Gasteiger partial charge in [0, 0.05) is 18.8 Å². The molecule has 0 aromatic heterocycles. The summed E-state index contributed by atoms with van der Waals surface area (Å²) in [7, 11) is 0. The van der Waals surface area contributed by atoms with E-state index < -0.39 is 6.10 Å². The minimum Gasteiger partial charge on any atom is -0.454 e. The van der Waals surface area contributed by atoms with Crippen LogP contribution in [0, 0.1) is 40.4 Å². The number of carbonyl (C=O) groups excluding carboxylic acids is 2. The molecule has 3 heteroatoms. The highest BCUT2D eigenvalue weighted by atomic mass is 16.5. The van der Waals surface area contributed by atoms with Gasteiger partial charge in [0.1, 0.15) is 0 Å². The van der Waals surface area contributed by atoms with E-state index in [1.165, 1.54) is 45.4 Å². The van der Waals surface area contributed by atoms with E-state index >= 15 is 0 Å². The number of carbonyl (C=O) groups is 2. The molecule has 4 aliphatic carbocycles. The summed E-state index contributed by atoms with van der Waals surface area (Å²) < 4.78 is 5.53. The maximum atomic E-state index is 12.7. The first-order valence-corrected chi connectivity index (χ1v) is 10.5. The van der Waals surface area contributed by atoms with Gasteiger partial charge in [0.25, 0.3) is 0 Å². The Hall–Kier alpha value is -0.860. The molecule has 4 saturated carbocycles. The highest BCUT2D eigenvalue weighted by Crippen LogP contribution is 2.66. The molecule has 3 nitrogen and oxygen atoms in total. The van der Waals surface area contributed by atoms with Gasteiger partial charge in [-0.05, 0) is 73.5 Å². The zero-order valence-corrected chi connectivity index (χ0v) is 16.3. The van der Waals surface area contributed by atoms with E-state index in [9.17, 15) is 9.59 Å². The summed E-state index contributed by atoms with van der Waals surface area (Å²) in [5, 5.41) is 0. The fourth-order valence-corrected chi connectivity index (χ4v) is 7.59. The van der Waals surface area contributed by atoms with Gasteiger partial charge in [-0.25, -0.2) is 0 Å². The lowest BCUT2D eigenvalue weighted by atomic mass is 9.44. The molecule has 0 heterocycles. The Morgan fingerprint density at radius 3 is 2.48 bits per heavy atom. The maximum Gasteiger partial charge on any atom is 0.303 e. The van der Waals surface area contributed by atoms with Crippen LogP contribution in [0.25, 0.3) is 0 Å². The second-order valence-electron chi connectivity index (χ2n) is 10.2. The number of fused-ring (bicyclic) bond motifs is 5. The average molecular weight is 347 g/mol. The highest BCUT2D eigenvalue weighted by Gasteiger charge is 2.63. The molecule has 0 amide bonds. The summed E-state index contributed by atoms with van der Waals surface area (Å²) >= 11 is 0. The summed E-state index contributed by atoms with van der Waals surface area (Å²) in [6.45, 7) is 8.64. The van der Waals surface area contributed by atoms with Gasteiger partial charge >= 0.3 is 5.97 Å². The van der Waals surface area contributed by atoms with Crippen molar-refractivity contribution < 1.29 is 14.3 Å². The van der Waals surface area contributed by atoms with Crippen LogP contribution in [0.2, 0.25) is 0 Å². The first-order chi connectivity index (χ1) is 11.8. The lowest BCUT2D eigenvalue weighted by molar-refractivity contribution is -0.165. The molecule has 4 fully saturated rings. The molecule has 0 unspecified atom stereocenters. The number of hydrogen-bond donors (Lipinski definition) is 0. The van der Waals surface area contributed by atoms with Gasteiger partial charge in [0.05, 0.1) is 0 Å². The van der Waals surface area contributed by atoms with Gasteiger partial charge in [-0.2, -0.15) is 0 Å². The molecule has 0 saturated heterocycles. The van der Waals surface area contributed by atoms with Gasteiger partial charge in [-0.1, -0.05) is 27.2 Å². The Balaban J connectivity index is 1.61. The van der Waals surface area contributed by atoms with Crippen molar-refractivity contribution in [3.05, 3.63) is 0 Å². The summed E-state index contributed by atoms with van der Waals surface area (Å²) in [4.78, 5) is 24.2. The Morgan fingerprint density at radius 1 is 1.04 bits per heavy atom. The van der Waals surface area contributed by atoms with Crippen molar-refractivity contribution in [1.82, 2.24) is 0 Å². The Kier molecular flexibility index (Phi) is 4.09. The zero-order chi connectivity index (χ0) is 18.0. The molecule has 0 bridgehead atoms.